The Labute approximate surface area is 164 Å². The van der Waals surface area contributed by atoms with E-state index in [-0.39, 0.29) is 42.8 Å². The maximum Gasteiger partial charge on any atom is 0.417 e. The van der Waals surface area contributed by atoms with Gasteiger partial charge in [-0.25, -0.2) is 13.8 Å². The number of amides is 1. The van der Waals surface area contributed by atoms with Crippen molar-refractivity contribution in [3.63, 3.8) is 0 Å². The lowest BCUT2D eigenvalue weighted by Crippen LogP contribution is -2.44. The van der Waals surface area contributed by atoms with Crippen LogP contribution in [0.5, 0.6) is 0 Å². The summed E-state index contributed by atoms with van der Waals surface area (Å²) in [6, 6.07) is 0.867. The highest BCUT2D eigenvalue weighted by atomic mass is 35.5. The maximum atomic E-state index is 13.2. The smallest absolute Gasteiger partial charge is 0.355 e. The zero-order valence-corrected chi connectivity index (χ0v) is 15.9. The van der Waals surface area contributed by atoms with Crippen molar-refractivity contribution in [2.45, 2.75) is 44.2 Å². The first kappa shape index (κ1) is 21.1. The molecule has 0 radical (unpaired) electrons. The van der Waals surface area contributed by atoms with Crippen LogP contribution in [0.1, 0.15) is 37.7 Å². The molecule has 2 aliphatic rings. The number of likely N-dealkylation sites (tertiary alicyclic amines) is 1. The third kappa shape index (κ3) is 5.04. The van der Waals surface area contributed by atoms with Crippen LogP contribution in [0.3, 0.4) is 0 Å². The van der Waals surface area contributed by atoms with Crippen LogP contribution in [-0.4, -0.2) is 47.9 Å². The molecule has 0 spiro atoms. The molecule has 10 heteroatoms. The number of halogens is 6. The molecule has 1 aromatic heterocycles. The van der Waals surface area contributed by atoms with Crippen LogP contribution in [0.15, 0.2) is 12.3 Å². The van der Waals surface area contributed by atoms with Crippen LogP contribution in [0.4, 0.5) is 27.8 Å². The highest BCUT2D eigenvalue weighted by Gasteiger charge is 2.36. The Morgan fingerprint density at radius 1 is 1.18 bits per heavy atom. The van der Waals surface area contributed by atoms with Gasteiger partial charge in [0.1, 0.15) is 5.82 Å². The van der Waals surface area contributed by atoms with Gasteiger partial charge in [-0.2, -0.15) is 13.2 Å². The average Bonchev–Trinajstić information content (AvgIpc) is 2.61. The van der Waals surface area contributed by atoms with Gasteiger partial charge in [0.15, 0.2) is 0 Å². The Hall–Kier alpha value is -1.64. The molecule has 3 heterocycles. The number of alkyl halides is 5. The van der Waals surface area contributed by atoms with E-state index in [9.17, 15) is 26.7 Å². The number of nitrogens with zero attached hydrogens (tertiary/aromatic N) is 3. The van der Waals surface area contributed by atoms with Crippen molar-refractivity contribution in [2.75, 3.05) is 31.1 Å². The first-order valence-electron chi connectivity index (χ1n) is 9.18. The number of rotatable bonds is 3. The van der Waals surface area contributed by atoms with Crippen LogP contribution in [-0.2, 0) is 11.0 Å². The van der Waals surface area contributed by atoms with Crippen molar-refractivity contribution in [1.29, 1.82) is 0 Å². The number of hydrogen-bond acceptors (Lipinski definition) is 3. The topological polar surface area (TPSA) is 36.4 Å². The van der Waals surface area contributed by atoms with Gasteiger partial charge in [0.2, 0.25) is 5.91 Å². The quantitative estimate of drug-likeness (QED) is 0.663. The van der Waals surface area contributed by atoms with Crippen LogP contribution in [0.2, 0.25) is 5.02 Å². The van der Waals surface area contributed by atoms with Crippen LogP contribution >= 0.6 is 11.6 Å². The largest absolute Gasteiger partial charge is 0.417 e. The van der Waals surface area contributed by atoms with E-state index in [1.54, 1.807) is 0 Å². The molecular formula is C18H21ClF5N3O. The van der Waals surface area contributed by atoms with E-state index in [0.717, 1.165) is 12.3 Å². The summed E-state index contributed by atoms with van der Waals surface area (Å²) < 4.78 is 64.6. The summed E-state index contributed by atoms with van der Waals surface area (Å²) in [5.41, 5.74) is -0.895. The molecule has 0 unspecified atom stereocenters. The van der Waals surface area contributed by atoms with E-state index < -0.39 is 17.7 Å². The van der Waals surface area contributed by atoms with Crippen molar-refractivity contribution in [2.24, 2.45) is 5.92 Å². The predicted molar refractivity (Wildman–Crippen MR) is 94.6 cm³/mol. The molecule has 0 aliphatic carbocycles. The van der Waals surface area contributed by atoms with E-state index in [1.165, 1.54) is 4.90 Å². The number of piperidine rings is 2. The highest BCUT2D eigenvalue weighted by Crippen LogP contribution is 2.35. The van der Waals surface area contributed by atoms with Crippen molar-refractivity contribution in [3.05, 3.63) is 22.8 Å². The van der Waals surface area contributed by atoms with Gasteiger partial charge in [-0.05, 0) is 24.8 Å². The SMILES string of the molecule is O=C(CC1CCN(c2ncc(C(F)(F)F)cc2Cl)CC1)N1CCC(F)(F)CC1. The molecule has 3 rings (SSSR count). The Kier molecular flexibility index (Phi) is 6.03. The molecule has 1 aromatic rings. The Morgan fingerprint density at radius 3 is 2.32 bits per heavy atom. The molecule has 156 valence electrons. The minimum Gasteiger partial charge on any atom is -0.355 e. The van der Waals surface area contributed by atoms with Crippen molar-refractivity contribution in [1.82, 2.24) is 9.88 Å². The summed E-state index contributed by atoms with van der Waals surface area (Å²) >= 11 is 5.99. The van der Waals surface area contributed by atoms with E-state index in [0.29, 0.717) is 38.2 Å². The molecule has 0 saturated carbocycles. The molecule has 0 bridgehead atoms. The zero-order valence-electron chi connectivity index (χ0n) is 15.1. The Bertz CT molecular complexity index is 710. The van der Waals surface area contributed by atoms with Gasteiger partial charge in [-0.1, -0.05) is 11.6 Å². The molecule has 28 heavy (non-hydrogen) atoms. The normalized spacial score (nSPS) is 21.1. The van der Waals surface area contributed by atoms with Crippen molar-refractivity contribution in [3.8, 4) is 0 Å². The minimum atomic E-state index is -4.50. The molecule has 0 atom stereocenters. The van der Waals surface area contributed by atoms with Crippen LogP contribution in [0, 0.1) is 5.92 Å². The molecule has 2 fully saturated rings. The summed E-state index contributed by atoms with van der Waals surface area (Å²) in [6.45, 7) is 1.20. The fraction of sp³-hybridized carbons (Fsp3) is 0.667. The fourth-order valence-corrected chi connectivity index (χ4v) is 3.91. The van der Waals surface area contributed by atoms with Gasteiger partial charge in [0, 0.05) is 51.6 Å². The zero-order chi connectivity index (χ0) is 20.5. The number of carbonyl (C=O) groups excluding carboxylic acids is 1. The minimum absolute atomic E-state index is 0.0569. The van der Waals surface area contributed by atoms with Crippen LogP contribution in [0.25, 0.3) is 0 Å². The molecule has 4 nitrogen and oxygen atoms in total. The van der Waals surface area contributed by atoms with Crippen LogP contribution < -0.4 is 4.90 Å². The third-order valence-electron chi connectivity index (χ3n) is 5.37. The average molecular weight is 426 g/mol. The highest BCUT2D eigenvalue weighted by molar-refractivity contribution is 6.33. The predicted octanol–water partition coefficient (Wildman–Crippen LogP) is 4.62. The van der Waals surface area contributed by atoms with Gasteiger partial charge < -0.3 is 9.80 Å². The lowest BCUT2D eigenvalue weighted by molar-refractivity contribution is -0.139. The summed E-state index contributed by atoms with van der Waals surface area (Å²) in [4.78, 5) is 19.5. The van der Waals surface area contributed by atoms with Gasteiger partial charge in [-0.15, -0.1) is 0 Å². The van der Waals surface area contributed by atoms with Gasteiger partial charge in [0.05, 0.1) is 10.6 Å². The van der Waals surface area contributed by atoms with Gasteiger partial charge >= 0.3 is 6.18 Å². The number of pyridine rings is 1. The lowest BCUT2D eigenvalue weighted by atomic mass is 9.92. The molecular weight excluding hydrogens is 405 g/mol. The number of anilines is 1. The second kappa shape index (κ2) is 8.00. The van der Waals surface area contributed by atoms with Crippen molar-refractivity contribution >= 4 is 23.3 Å². The molecule has 2 saturated heterocycles. The summed E-state index contributed by atoms with van der Waals surface area (Å²) in [5.74, 6) is -2.38. The molecule has 1 amide bonds. The summed E-state index contributed by atoms with van der Waals surface area (Å²) in [5, 5.41) is -0.0569. The number of carbonyl (C=O) groups is 1. The number of aromatic nitrogens is 1. The summed E-state index contributed by atoms with van der Waals surface area (Å²) in [7, 11) is 0. The first-order valence-corrected chi connectivity index (χ1v) is 9.56. The first-order chi connectivity index (χ1) is 13.0. The lowest BCUT2D eigenvalue weighted by Gasteiger charge is -2.35. The second-order valence-corrected chi connectivity index (χ2v) is 7.81. The molecule has 2 aliphatic heterocycles. The standard InChI is InChI=1S/C18H21ClF5N3O/c19-14-10-13(18(22,23)24)11-25-16(14)27-5-1-12(2-6-27)9-15(28)26-7-3-17(20,21)4-8-26/h10-12H,1-9H2. The van der Waals surface area contributed by atoms with E-state index in [2.05, 4.69) is 4.98 Å². The molecule has 0 aromatic carbocycles. The molecule has 0 N–H and O–H groups in total. The van der Waals surface area contributed by atoms with E-state index in [4.69, 9.17) is 11.6 Å². The van der Waals surface area contributed by atoms with Crippen molar-refractivity contribution < 1.29 is 26.7 Å². The fourth-order valence-electron chi connectivity index (χ4n) is 3.63. The summed E-state index contributed by atoms with van der Waals surface area (Å²) in [6.07, 6.45) is -2.70. The number of hydrogen-bond donors (Lipinski definition) is 0. The third-order valence-corrected chi connectivity index (χ3v) is 5.65. The Balaban J connectivity index is 1.51. The van der Waals surface area contributed by atoms with E-state index >= 15 is 0 Å². The van der Waals surface area contributed by atoms with E-state index in [1.807, 2.05) is 4.90 Å². The Morgan fingerprint density at radius 2 is 1.79 bits per heavy atom. The van der Waals surface area contributed by atoms with Gasteiger partial charge in [-0.3, -0.25) is 4.79 Å². The second-order valence-electron chi connectivity index (χ2n) is 7.40. The monoisotopic (exact) mass is 425 g/mol. The maximum absolute atomic E-state index is 13.2. The van der Waals surface area contributed by atoms with Gasteiger partial charge in [0.25, 0.3) is 5.92 Å².